The lowest BCUT2D eigenvalue weighted by Crippen LogP contribution is -2.25. The van der Waals surface area contributed by atoms with Crippen molar-refractivity contribution in [1.29, 1.82) is 0 Å². The number of hydrogen-bond donors (Lipinski definition) is 1. The van der Waals surface area contributed by atoms with Crippen LogP contribution in [-0.4, -0.2) is 33.0 Å². The Morgan fingerprint density at radius 1 is 1.03 bits per heavy atom. The van der Waals surface area contributed by atoms with Gasteiger partial charge in [0.2, 0.25) is 5.91 Å². The highest BCUT2D eigenvalue weighted by molar-refractivity contribution is 8.15. The number of nitrogens with one attached hydrogen (secondary N) is 1. The number of halogens is 1. The van der Waals surface area contributed by atoms with Crippen LogP contribution in [0.25, 0.3) is 0 Å². The van der Waals surface area contributed by atoms with Crippen molar-refractivity contribution in [1.82, 2.24) is 5.01 Å². The molecular weight excluding hydrogens is 475 g/mol. The summed E-state index contributed by atoms with van der Waals surface area (Å²) < 4.78 is 13.9. The highest BCUT2D eigenvalue weighted by atomic mass is 32.2. The number of carbonyl (C=O) groups excluding carboxylic acids is 2. The molecule has 0 fully saturated rings. The van der Waals surface area contributed by atoms with E-state index in [4.69, 9.17) is 5.10 Å². The molecule has 6 nitrogen and oxygen atoms in total. The fourth-order valence-electron chi connectivity index (χ4n) is 4.19. The Kier molecular flexibility index (Phi) is 6.69. The maximum atomic E-state index is 13.9. The first-order valence-corrected chi connectivity index (χ1v) is 12.6. The lowest BCUT2D eigenvalue weighted by Gasteiger charge is -2.23. The largest absolute Gasteiger partial charge is 0.324 e. The van der Waals surface area contributed by atoms with Gasteiger partial charge >= 0.3 is 0 Å². The first-order valence-electron chi connectivity index (χ1n) is 11.7. The monoisotopic (exact) mass is 500 g/mol. The number of amides is 2. The summed E-state index contributed by atoms with van der Waals surface area (Å²) in [6.07, 6.45) is 0.556. The normalized spacial score (nSPS) is 19.3. The molecule has 2 aliphatic rings. The van der Waals surface area contributed by atoms with E-state index < -0.39 is 17.0 Å². The maximum absolute atomic E-state index is 13.9. The van der Waals surface area contributed by atoms with Gasteiger partial charge in [-0.25, -0.2) is 9.40 Å². The molecule has 182 valence electrons. The van der Waals surface area contributed by atoms with Crippen LogP contribution in [0.5, 0.6) is 0 Å². The van der Waals surface area contributed by atoms with Gasteiger partial charge in [0.1, 0.15) is 11.1 Å². The van der Waals surface area contributed by atoms with Gasteiger partial charge < -0.3 is 5.32 Å². The number of hydrogen-bond acceptors (Lipinski definition) is 5. The Balaban J connectivity index is 1.36. The van der Waals surface area contributed by atoms with Crippen molar-refractivity contribution in [3.05, 3.63) is 101 Å². The van der Waals surface area contributed by atoms with Crippen LogP contribution in [-0.2, 0) is 9.59 Å². The number of para-hydroxylation sites is 1. The molecule has 1 N–H and O–H groups in total. The second-order valence-corrected chi connectivity index (χ2v) is 10.1. The third-order valence-corrected chi connectivity index (χ3v) is 7.34. The van der Waals surface area contributed by atoms with Crippen molar-refractivity contribution < 1.29 is 14.0 Å². The van der Waals surface area contributed by atoms with Gasteiger partial charge in [-0.1, -0.05) is 83.6 Å². The lowest BCUT2D eigenvalue weighted by atomic mass is 9.97. The molecule has 0 aliphatic carbocycles. The van der Waals surface area contributed by atoms with Crippen LogP contribution < -0.4 is 5.32 Å². The molecule has 0 saturated heterocycles. The van der Waals surface area contributed by atoms with E-state index in [0.717, 1.165) is 22.4 Å². The molecule has 2 atom stereocenters. The number of amidine groups is 1. The third-order valence-electron chi connectivity index (χ3n) is 6.20. The van der Waals surface area contributed by atoms with E-state index in [1.165, 1.54) is 29.5 Å². The number of anilines is 1. The summed E-state index contributed by atoms with van der Waals surface area (Å²) in [7, 11) is 0. The van der Waals surface area contributed by atoms with E-state index in [2.05, 4.69) is 58.8 Å². The average Bonchev–Trinajstić information content (AvgIpc) is 3.45. The van der Waals surface area contributed by atoms with E-state index in [9.17, 15) is 14.0 Å². The Labute approximate surface area is 213 Å². The van der Waals surface area contributed by atoms with E-state index in [0.29, 0.717) is 11.6 Å². The van der Waals surface area contributed by atoms with Crippen LogP contribution in [0, 0.1) is 19.7 Å². The maximum Gasteiger partial charge on any atom is 0.262 e. The Hall–Kier alpha value is -3.78. The lowest BCUT2D eigenvalue weighted by molar-refractivity contribution is -0.121. The zero-order valence-corrected chi connectivity index (χ0v) is 20.8. The fraction of sp³-hybridized carbons (Fsp3) is 0.214. The smallest absolute Gasteiger partial charge is 0.262 e. The van der Waals surface area contributed by atoms with Crippen molar-refractivity contribution >= 4 is 40.1 Å². The fourth-order valence-corrected chi connectivity index (χ4v) is 5.25. The van der Waals surface area contributed by atoms with E-state index in [1.807, 2.05) is 13.8 Å². The summed E-state index contributed by atoms with van der Waals surface area (Å²) in [5, 5.41) is 9.00. The Bertz CT molecular complexity index is 1370. The minimum atomic E-state index is -0.691. The zero-order chi connectivity index (χ0) is 25.2. The van der Waals surface area contributed by atoms with Gasteiger partial charge in [0.05, 0.1) is 17.4 Å². The van der Waals surface area contributed by atoms with E-state index in [1.54, 1.807) is 17.1 Å². The molecule has 5 rings (SSSR count). The van der Waals surface area contributed by atoms with Crippen LogP contribution in [0.4, 0.5) is 10.1 Å². The average molecular weight is 501 g/mol. The number of benzene rings is 3. The minimum absolute atomic E-state index is 0.0883. The Morgan fingerprint density at radius 3 is 2.39 bits per heavy atom. The van der Waals surface area contributed by atoms with Gasteiger partial charge in [-0.05, 0) is 37.1 Å². The van der Waals surface area contributed by atoms with Crippen molar-refractivity contribution in [2.75, 3.05) is 5.32 Å². The first-order chi connectivity index (χ1) is 17.4. The zero-order valence-electron chi connectivity index (χ0n) is 19.9. The summed E-state index contributed by atoms with van der Waals surface area (Å²) in [5.74, 6) is -1.35. The number of carbonyl (C=O) groups is 2. The quantitative estimate of drug-likeness (QED) is 0.493. The van der Waals surface area contributed by atoms with Crippen LogP contribution >= 0.6 is 11.8 Å². The van der Waals surface area contributed by atoms with Crippen LogP contribution in [0.1, 0.15) is 41.1 Å². The third kappa shape index (κ3) is 5.09. The number of thioether (sulfide) groups is 1. The number of hydrazone groups is 1. The number of nitrogens with zero attached hydrogens (tertiary/aromatic N) is 3. The summed E-state index contributed by atoms with van der Waals surface area (Å²) in [5.41, 5.74) is 5.43. The van der Waals surface area contributed by atoms with Crippen molar-refractivity contribution in [3.63, 3.8) is 0 Å². The molecule has 0 bridgehead atoms. The molecule has 2 heterocycles. The molecule has 3 aromatic carbocycles. The predicted molar refractivity (Wildman–Crippen MR) is 142 cm³/mol. The molecule has 0 unspecified atom stereocenters. The summed E-state index contributed by atoms with van der Waals surface area (Å²) in [4.78, 5) is 29.5. The molecule has 36 heavy (non-hydrogen) atoms. The van der Waals surface area contributed by atoms with Crippen LogP contribution in [0.15, 0.2) is 82.9 Å². The van der Waals surface area contributed by atoms with Gasteiger partial charge in [0, 0.05) is 12.8 Å². The van der Waals surface area contributed by atoms with E-state index >= 15 is 0 Å². The summed E-state index contributed by atoms with van der Waals surface area (Å²) >= 11 is 1.23. The van der Waals surface area contributed by atoms with Gasteiger partial charge in [-0.3, -0.25) is 9.59 Å². The molecule has 2 aliphatic heterocycles. The standard InChI is InChI=1S/C28H25FN4O2S/c1-17-7-11-19(12-8-17)23-15-24(20-13-9-18(2)10-14-20)33(32-23)28-31-27(35)25(36-28)16-26(34)30-22-6-4-3-5-21(22)29/h3-14,24-25H,15-16H2,1-2H3,(H,30,34)/t24-,25-/m0/s1. The molecule has 3 aromatic rings. The van der Waals surface area contributed by atoms with Crippen LogP contribution in [0.3, 0.4) is 0 Å². The molecule has 0 radical (unpaired) electrons. The molecule has 8 heteroatoms. The minimum Gasteiger partial charge on any atom is -0.324 e. The van der Waals surface area contributed by atoms with Gasteiger partial charge in [0.25, 0.3) is 5.91 Å². The van der Waals surface area contributed by atoms with Gasteiger partial charge in [-0.2, -0.15) is 10.1 Å². The first kappa shape index (κ1) is 23.9. The topological polar surface area (TPSA) is 74.1 Å². The van der Waals surface area contributed by atoms with Gasteiger partial charge in [0.15, 0.2) is 5.17 Å². The predicted octanol–water partition coefficient (Wildman–Crippen LogP) is 5.62. The number of aryl methyl sites for hydroxylation is 2. The molecule has 0 spiro atoms. The molecular formula is C28H25FN4O2S. The van der Waals surface area contributed by atoms with Crippen molar-refractivity contribution in [2.45, 2.75) is 38.0 Å². The highest BCUT2D eigenvalue weighted by Gasteiger charge is 2.39. The second kappa shape index (κ2) is 10.1. The molecule has 0 aromatic heterocycles. The molecule has 0 saturated carbocycles. The molecule has 2 amide bonds. The number of aliphatic imine (C=N–C) groups is 1. The van der Waals surface area contributed by atoms with Crippen molar-refractivity contribution in [2.24, 2.45) is 10.1 Å². The SMILES string of the molecule is Cc1ccc(C2=NN(C3=NC(=O)[C@H](CC(=O)Nc4ccccc4F)S3)[C@H](c3ccc(C)cc3)C2)cc1. The van der Waals surface area contributed by atoms with Crippen molar-refractivity contribution in [3.8, 4) is 0 Å². The summed E-state index contributed by atoms with van der Waals surface area (Å²) in [6.45, 7) is 4.08. The number of rotatable bonds is 5. The second-order valence-electron chi connectivity index (χ2n) is 8.96. The van der Waals surface area contributed by atoms with E-state index in [-0.39, 0.29) is 24.1 Å². The Morgan fingerprint density at radius 2 is 1.69 bits per heavy atom. The summed E-state index contributed by atoms with van der Waals surface area (Å²) in [6, 6.07) is 22.3. The highest BCUT2D eigenvalue weighted by Crippen LogP contribution is 2.38. The van der Waals surface area contributed by atoms with Gasteiger partial charge in [-0.15, -0.1) is 0 Å². The van der Waals surface area contributed by atoms with Crippen LogP contribution in [0.2, 0.25) is 0 Å².